The van der Waals surface area contributed by atoms with Crippen LogP contribution in [-0.4, -0.2) is 46.0 Å². The summed E-state index contributed by atoms with van der Waals surface area (Å²) in [6.45, 7) is 18.8. The van der Waals surface area contributed by atoms with Crippen molar-refractivity contribution in [3.05, 3.63) is 35.4 Å². The van der Waals surface area contributed by atoms with Crippen LogP contribution in [0.3, 0.4) is 0 Å². The average Bonchev–Trinajstić information content (AvgIpc) is 2.70. The van der Waals surface area contributed by atoms with Gasteiger partial charge >= 0.3 is 6.09 Å². The van der Waals surface area contributed by atoms with Crippen LogP contribution in [0, 0.1) is 6.92 Å². The minimum atomic E-state index is -0.880. The Balaban J connectivity index is 3.44. The van der Waals surface area contributed by atoms with Gasteiger partial charge in [-0.05, 0) is 73.8 Å². The number of benzene rings is 1. The Morgan fingerprint density at radius 2 is 1.53 bits per heavy atom. The van der Waals surface area contributed by atoms with E-state index in [1.54, 1.807) is 32.6 Å². The maximum absolute atomic E-state index is 13.8. The highest BCUT2D eigenvalue weighted by Crippen LogP contribution is 2.32. The highest BCUT2D eigenvalue weighted by atomic mass is 16.6. The molecule has 0 aliphatic rings. The van der Waals surface area contributed by atoms with Gasteiger partial charge in [0.2, 0.25) is 11.8 Å². The Hall–Kier alpha value is -2.57. The largest absolute Gasteiger partial charge is 0.444 e. The quantitative estimate of drug-likeness (QED) is 0.482. The number of hydrogen-bond donors (Lipinski definition) is 2. The molecule has 2 N–H and O–H groups in total. The van der Waals surface area contributed by atoms with Crippen LogP contribution in [0.4, 0.5) is 4.79 Å². The minimum absolute atomic E-state index is 0.0237. The van der Waals surface area contributed by atoms with Crippen LogP contribution >= 0.6 is 0 Å². The Morgan fingerprint density at radius 3 is 2.00 bits per heavy atom. The molecule has 192 valence electrons. The van der Waals surface area contributed by atoms with E-state index in [2.05, 4.69) is 17.6 Å². The van der Waals surface area contributed by atoms with E-state index in [4.69, 9.17) is 4.74 Å². The highest BCUT2D eigenvalue weighted by molar-refractivity contribution is 5.92. The maximum Gasteiger partial charge on any atom is 0.408 e. The topological polar surface area (TPSA) is 87.7 Å². The van der Waals surface area contributed by atoms with Crippen LogP contribution in [0.1, 0.15) is 98.7 Å². The second-order valence-corrected chi connectivity index (χ2v) is 10.8. The molecule has 7 heteroatoms. The molecule has 0 spiro atoms. The van der Waals surface area contributed by atoms with Crippen molar-refractivity contribution in [1.82, 2.24) is 15.5 Å². The fraction of sp³-hybridized carbons (Fsp3) is 0.667. The van der Waals surface area contributed by atoms with Crippen LogP contribution in [0.5, 0.6) is 0 Å². The van der Waals surface area contributed by atoms with E-state index < -0.39 is 29.3 Å². The van der Waals surface area contributed by atoms with Crippen LogP contribution in [0.15, 0.2) is 24.3 Å². The van der Waals surface area contributed by atoms with Crippen molar-refractivity contribution in [2.24, 2.45) is 0 Å². The molecule has 1 aromatic rings. The lowest BCUT2D eigenvalue weighted by Crippen LogP contribution is -2.59. The first-order valence-corrected chi connectivity index (χ1v) is 12.3. The zero-order chi connectivity index (χ0) is 26.3. The van der Waals surface area contributed by atoms with E-state index in [9.17, 15) is 14.4 Å². The van der Waals surface area contributed by atoms with Crippen molar-refractivity contribution >= 4 is 17.9 Å². The normalized spacial score (nSPS) is 14.5. The zero-order valence-corrected chi connectivity index (χ0v) is 22.7. The zero-order valence-electron chi connectivity index (χ0n) is 22.7. The number of aryl methyl sites for hydroxylation is 1. The van der Waals surface area contributed by atoms with Gasteiger partial charge in [-0.2, -0.15) is 0 Å². The van der Waals surface area contributed by atoms with Crippen LogP contribution < -0.4 is 10.6 Å². The van der Waals surface area contributed by atoms with Crippen molar-refractivity contribution < 1.29 is 19.1 Å². The lowest BCUT2D eigenvalue weighted by Gasteiger charge is -2.44. The summed E-state index contributed by atoms with van der Waals surface area (Å²) in [6, 6.07) is 5.91. The number of carbonyl (C=O) groups excluding carboxylic acids is 3. The maximum atomic E-state index is 13.8. The second kappa shape index (κ2) is 12.2. The van der Waals surface area contributed by atoms with Gasteiger partial charge in [0, 0.05) is 11.6 Å². The molecule has 0 radical (unpaired) electrons. The first-order valence-electron chi connectivity index (χ1n) is 12.3. The Kier molecular flexibility index (Phi) is 10.6. The molecule has 0 saturated carbocycles. The predicted octanol–water partition coefficient (Wildman–Crippen LogP) is 5.27. The third-order valence-electron chi connectivity index (χ3n) is 5.87. The molecule has 3 amide bonds. The van der Waals surface area contributed by atoms with Gasteiger partial charge in [-0.25, -0.2) is 4.79 Å². The summed E-state index contributed by atoms with van der Waals surface area (Å²) in [6.07, 6.45) is 1.73. The summed E-state index contributed by atoms with van der Waals surface area (Å²) in [4.78, 5) is 41.4. The van der Waals surface area contributed by atoms with Gasteiger partial charge < -0.3 is 20.3 Å². The van der Waals surface area contributed by atoms with E-state index >= 15 is 0 Å². The summed E-state index contributed by atoms with van der Waals surface area (Å²) >= 11 is 0. The number of nitrogens with zero attached hydrogens (tertiary/aromatic N) is 1. The summed E-state index contributed by atoms with van der Waals surface area (Å²) in [7, 11) is 0. The number of nitrogens with one attached hydrogen (secondary N) is 2. The Morgan fingerprint density at radius 1 is 0.971 bits per heavy atom. The van der Waals surface area contributed by atoms with Gasteiger partial charge in [-0.3, -0.25) is 9.59 Å². The summed E-state index contributed by atoms with van der Waals surface area (Å²) in [5, 5.41) is 5.74. The average molecular weight is 476 g/mol. The van der Waals surface area contributed by atoms with Crippen LogP contribution in [-0.2, 0) is 14.3 Å². The molecule has 0 fully saturated rings. The SMILES string of the molecule is CCCC(C)NC(=O)C(c1ccc(C)cc1)N(C(=O)C(C)NC(=O)OC(C)(C)C)C(C)(C)CC. The molecule has 1 aromatic carbocycles. The fourth-order valence-electron chi connectivity index (χ4n) is 3.69. The summed E-state index contributed by atoms with van der Waals surface area (Å²) < 4.78 is 5.34. The predicted molar refractivity (Wildman–Crippen MR) is 136 cm³/mol. The summed E-state index contributed by atoms with van der Waals surface area (Å²) in [5.74, 6) is -0.578. The number of rotatable bonds is 10. The van der Waals surface area contributed by atoms with Crippen molar-refractivity contribution in [2.75, 3.05) is 0 Å². The third-order valence-corrected chi connectivity index (χ3v) is 5.87. The monoisotopic (exact) mass is 475 g/mol. The molecule has 3 atom stereocenters. The van der Waals surface area contributed by atoms with Crippen LogP contribution in [0.25, 0.3) is 0 Å². The third kappa shape index (κ3) is 8.65. The second-order valence-electron chi connectivity index (χ2n) is 10.8. The Bertz CT molecular complexity index is 827. The molecule has 34 heavy (non-hydrogen) atoms. The van der Waals surface area contributed by atoms with Crippen molar-refractivity contribution in [3.8, 4) is 0 Å². The van der Waals surface area contributed by atoms with Crippen molar-refractivity contribution in [2.45, 2.75) is 118 Å². The van der Waals surface area contributed by atoms with E-state index in [0.29, 0.717) is 6.42 Å². The van der Waals surface area contributed by atoms with Gasteiger partial charge in [-0.15, -0.1) is 0 Å². The van der Waals surface area contributed by atoms with E-state index in [-0.39, 0.29) is 17.9 Å². The van der Waals surface area contributed by atoms with Crippen molar-refractivity contribution in [1.29, 1.82) is 0 Å². The first-order chi connectivity index (χ1) is 15.6. The number of ether oxygens (including phenoxy) is 1. The molecule has 0 aliphatic heterocycles. The molecule has 0 aliphatic carbocycles. The van der Waals surface area contributed by atoms with E-state index in [0.717, 1.165) is 24.0 Å². The molecule has 1 rings (SSSR count). The minimum Gasteiger partial charge on any atom is -0.444 e. The van der Waals surface area contributed by atoms with Crippen molar-refractivity contribution in [3.63, 3.8) is 0 Å². The number of carbonyl (C=O) groups is 3. The van der Waals surface area contributed by atoms with E-state index in [1.807, 2.05) is 58.9 Å². The number of amides is 3. The molecule has 3 unspecified atom stereocenters. The lowest BCUT2D eigenvalue weighted by molar-refractivity contribution is -0.149. The molecule has 0 saturated heterocycles. The van der Waals surface area contributed by atoms with Gasteiger partial charge in [0.15, 0.2) is 0 Å². The highest BCUT2D eigenvalue weighted by Gasteiger charge is 2.42. The van der Waals surface area contributed by atoms with Gasteiger partial charge in [0.05, 0.1) is 0 Å². The fourth-order valence-corrected chi connectivity index (χ4v) is 3.69. The lowest BCUT2D eigenvalue weighted by atomic mass is 9.91. The first kappa shape index (κ1) is 29.5. The molecule has 0 bridgehead atoms. The van der Waals surface area contributed by atoms with Gasteiger partial charge in [0.1, 0.15) is 17.7 Å². The molecule has 7 nitrogen and oxygen atoms in total. The van der Waals surface area contributed by atoms with Crippen LogP contribution in [0.2, 0.25) is 0 Å². The number of hydrogen-bond acceptors (Lipinski definition) is 4. The number of alkyl carbamates (subject to hydrolysis) is 1. The molecular weight excluding hydrogens is 430 g/mol. The smallest absolute Gasteiger partial charge is 0.408 e. The van der Waals surface area contributed by atoms with E-state index in [1.165, 1.54) is 0 Å². The standard InChI is InChI=1S/C27H45N3O4/c1-11-13-19(4)28-23(31)22(21-16-14-18(3)15-17-21)30(27(9,10)12-2)24(32)20(5)29-25(33)34-26(6,7)8/h14-17,19-20,22H,11-13H2,1-10H3,(H,28,31)(H,29,33). The molecule has 0 aromatic heterocycles. The molecule has 0 heterocycles. The molecular formula is C27H45N3O4. The van der Waals surface area contributed by atoms with Gasteiger partial charge in [0.25, 0.3) is 0 Å². The van der Waals surface area contributed by atoms with Gasteiger partial charge in [-0.1, -0.05) is 50.1 Å². The Labute approximate surface area is 206 Å². The summed E-state index contributed by atoms with van der Waals surface area (Å²) in [5.41, 5.74) is 0.456.